The zero-order chi connectivity index (χ0) is 21.9. The molecule has 0 spiro atoms. The summed E-state index contributed by atoms with van der Waals surface area (Å²) in [6.45, 7) is 0.156. The van der Waals surface area contributed by atoms with Gasteiger partial charge in [-0.15, -0.1) is 0 Å². The number of aryl methyl sites for hydroxylation is 2. The van der Waals surface area contributed by atoms with Crippen LogP contribution in [0.5, 0.6) is 5.75 Å². The van der Waals surface area contributed by atoms with E-state index in [4.69, 9.17) is 14.9 Å². The van der Waals surface area contributed by atoms with Crippen LogP contribution in [0.15, 0.2) is 71.3 Å². The van der Waals surface area contributed by atoms with Crippen molar-refractivity contribution in [2.24, 2.45) is 5.73 Å². The van der Waals surface area contributed by atoms with Gasteiger partial charge in [0.1, 0.15) is 11.5 Å². The van der Waals surface area contributed by atoms with Crippen molar-refractivity contribution in [1.82, 2.24) is 0 Å². The highest BCUT2D eigenvalue weighted by atomic mass is 16.5. The smallest absolute Gasteiger partial charge is 0.137 e. The summed E-state index contributed by atoms with van der Waals surface area (Å²) in [5, 5.41) is 18.8. The first-order chi connectivity index (χ1) is 15.1. The average molecular weight is 424 g/mol. The van der Waals surface area contributed by atoms with Crippen molar-refractivity contribution in [3.05, 3.63) is 78.1 Å². The maximum Gasteiger partial charge on any atom is 0.137 e. The molecule has 3 rings (SSSR count). The van der Waals surface area contributed by atoms with E-state index in [0.717, 1.165) is 48.3 Å². The fraction of sp³-hybridized carbons (Fsp3) is 0.385. The number of aliphatic hydroxyl groups is 2. The van der Waals surface area contributed by atoms with Crippen molar-refractivity contribution in [2.75, 3.05) is 19.8 Å². The minimum Gasteiger partial charge on any atom is -0.493 e. The Balaban J connectivity index is 1.55. The van der Waals surface area contributed by atoms with Gasteiger partial charge in [-0.2, -0.15) is 0 Å². The number of aliphatic hydroxyl groups excluding tert-OH is 2. The second-order valence-corrected chi connectivity index (χ2v) is 8.13. The highest BCUT2D eigenvalue weighted by Gasteiger charge is 2.23. The highest BCUT2D eigenvalue weighted by Crippen LogP contribution is 2.32. The lowest BCUT2D eigenvalue weighted by molar-refractivity contribution is 0.115. The Bertz CT molecular complexity index is 889. The summed E-state index contributed by atoms with van der Waals surface area (Å²) >= 11 is 0. The zero-order valence-corrected chi connectivity index (χ0v) is 18.0. The molecule has 0 aliphatic rings. The quantitative estimate of drug-likeness (QED) is 0.356. The topological polar surface area (TPSA) is 88.9 Å². The minimum atomic E-state index is -0.972. The molecule has 5 heteroatoms. The van der Waals surface area contributed by atoms with Gasteiger partial charge in [0.25, 0.3) is 0 Å². The van der Waals surface area contributed by atoms with E-state index in [2.05, 4.69) is 24.3 Å². The van der Waals surface area contributed by atoms with E-state index in [1.54, 1.807) is 6.26 Å². The number of furan rings is 1. The Morgan fingerprint density at radius 3 is 2.35 bits per heavy atom. The lowest BCUT2D eigenvalue weighted by Crippen LogP contribution is -2.47. The Morgan fingerprint density at radius 1 is 0.839 bits per heavy atom. The number of ether oxygens (including phenoxy) is 1. The van der Waals surface area contributed by atoms with Crippen molar-refractivity contribution in [2.45, 2.75) is 44.1 Å². The van der Waals surface area contributed by atoms with Gasteiger partial charge in [-0.05, 0) is 73.9 Å². The molecule has 1 heterocycles. The van der Waals surface area contributed by atoms with Crippen LogP contribution in [0.25, 0.3) is 11.3 Å². The summed E-state index contributed by atoms with van der Waals surface area (Å²) in [6.07, 6.45) is 7.13. The molecule has 0 amide bonds. The molecule has 0 aliphatic heterocycles. The second-order valence-electron chi connectivity index (χ2n) is 8.13. The molecule has 0 atom stereocenters. The summed E-state index contributed by atoms with van der Waals surface area (Å²) in [4.78, 5) is 0. The van der Waals surface area contributed by atoms with Crippen molar-refractivity contribution in [1.29, 1.82) is 0 Å². The number of benzene rings is 2. The molecular formula is C26H33NO4. The first-order valence-corrected chi connectivity index (χ1v) is 11.0. The fourth-order valence-electron chi connectivity index (χ4n) is 3.52. The van der Waals surface area contributed by atoms with Gasteiger partial charge in [-0.25, -0.2) is 0 Å². The van der Waals surface area contributed by atoms with Gasteiger partial charge in [-0.3, -0.25) is 0 Å². The molecule has 2 aromatic carbocycles. The van der Waals surface area contributed by atoms with Gasteiger partial charge in [0.2, 0.25) is 0 Å². The Kier molecular flexibility index (Phi) is 8.71. The maximum absolute atomic E-state index is 9.42. The monoisotopic (exact) mass is 423 g/mol. The molecule has 0 unspecified atom stereocenters. The minimum absolute atomic E-state index is 0.250. The van der Waals surface area contributed by atoms with E-state index in [-0.39, 0.29) is 13.2 Å². The van der Waals surface area contributed by atoms with Gasteiger partial charge in [0.05, 0.1) is 37.2 Å². The van der Waals surface area contributed by atoms with Crippen LogP contribution in [0.1, 0.15) is 36.8 Å². The first-order valence-electron chi connectivity index (χ1n) is 11.0. The van der Waals surface area contributed by atoms with Crippen LogP contribution in [0.2, 0.25) is 0 Å². The normalized spacial score (nSPS) is 11.6. The van der Waals surface area contributed by atoms with Gasteiger partial charge >= 0.3 is 0 Å². The Morgan fingerprint density at radius 2 is 1.65 bits per heavy atom. The van der Waals surface area contributed by atoms with Crippen LogP contribution in [-0.4, -0.2) is 35.6 Å². The van der Waals surface area contributed by atoms with Gasteiger partial charge in [0, 0.05) is 0 Å². The summed E-state index contributed by atoms with van der Waals surface area (Å²) in [5.41, 5.74) is 8.37. The molecule has 5 nitrogen and oxygen atoms in total. The molecule has 166 valence electrons. The molecule has 31 heavy (non-hydrogen) atoms. The van der Waals surface area contributed by atoms with Crippen LogP contribution in [-0.2, 0) is 12.8 Å². The third-order valence-electron chi connectivity index (χ3n) is 5.58. The maximum atomic E-state index is 9.42. The van der Waals surface area contributed by atoms with E-state index in [9.17, 15) is 10.2 Å². The van der Waals surface area contributed by atoms with Crippen molar-refractivity contribution < 1.29 is 19.4 Å². The van der Waals surface area contributed by atoms with E-state index >= 15 is 0 Å². The summed E-state index contributed by atoms with van der Waals surface area (Å²) < 4.78 is 11.7. The van der Waals surface area contributed by atoms with Crippen molar-refractivity contribution >= 4 is 0 Å². The second kappa shape index (κ2) is 11.7. The highest BCUT2D eigenvalue weighted by molar-refractivity contribution is 5.66. The largest absolute Gasteiger partial charge is 0.493 e. The summed E-state index contributed by atoms with van der Waals surface area (Å²) in [7, 11) is 0. The van der Waals surface area contributed by atoms with Crippen LogP contribution in [0.3, 0.4) is 0 Å². The molecular weight excluding hydrogens is 390 g/mol. The average Bonchev–Trinajstić information content (AvgIpc) is 3.35. The molecule has 0 radical (unpaired) electrons. The van der Waals surface area contributed by atoms with Gasteiger partial charge in [-0.1, -0.05) is 36.4 Å². The SMILES string of the molecule is NC(CO)(CO)CCc1ccc(OCCCCCc2ccccc2)c(-c2ccco2)c1. The molecule has 0 fully saturated rings. The standard InChI is InChI=1S/C26H33NO4/c27-26(19-28,20-29)15-14-22-12-13-25(23(18-22)24-11-7-17-31-24)30-16-6-2-5-10-21-8-3-1-4-9-21/h1,3-4,7-9,11-13,17-18,28-29H,2,5-6,10,14-16,19-20,27H2. The van der Waals surface area contributed by atoms with Crippen molar-refractivity contribution in [3.63, 3.8) is 0 Å². The molecule has 0 saturated heterocycles. The van der Waals surface area contributed by atoms with Crippen LogP contribution in [0.4, 0.5) is 0 Å². The first kappa shape index (κ1) is 23.1. The third-order valence-corrected chi connectivity index (χ3v) is 5.58. The van der Waals surface area contributed by atoms with Crippen LogP contribution >= 0.6 is 0 Å². The van der Waals surface area contributed by atoms with Crippen LogP contribution < -0.4 is 10.5 Å². The van der Waals surface area contributed by atoms with E-state index in [1.807, 2.05) is 36.4 Å². The summed E-state index contributed by atoms with van der Waals surface area (Å²) in [5.74, 6) is 1.55. The molecule has 3 aromatic rings. The van der Waals surface area contributed by atoms with E-state index in [1.165, 1.54) is 5.56 Å². The van der Waals surface area contributed by atoms with E-state index < -0.39 is 5.54 Å². The number of hydrogen-bond donors (Lipinski definition) is 3. The van der Waals surface area contributed by atoms with Crippen molar-refractivity contribution in [3.8, 4) is 17.1 Å². The number of hydrogen-bond acceptors (Lipinski definition) is 5. The van der Waals surface area contributed by atoms with Gasteiger partial charge in [0.15, 0.2) is 0 Å². The lowest BCUT2D eigenvalue weighted by atomic mass is 9.93. The fourth-order valence-corrected chi connectivity index (χ4v) is 3.52. The number of rotatable bonds is 13. The molecule has 4 N–H and O–H groups in total. The molecule has 1 aromatic heterocycles. The number of nitrogens with two attached hydrogens (primary N) is 1. The Labute approximate surface area is 184 Å². The molecule has 0 saturated carbocycles. The van der Waals surface area contributed by atoms with E-state index in [0.29, 0.717) is 19.4 Å². The zero-order valence-electron chi connectivity index (χ0n) is 18.0. The third kappa shape index (κ3) is 6.96. The van der Waals surface area contributed by atoms with Crippen LogP contribution in [0, 0.1) is 0 Å². The summed E-state index contributed by atoms with van der Waals surface area (Å²) in [6, 6.07) is 20.3. The molecule has 0 aliphatic carbocycles. The van der Waals surface area contributed by atoms with Gasteiger partial charge < -0.3 is 25.1 Å². The predicted molar refractivity (Wildman–Crippen MR) is 123 cm³/mol. The molecule has 0 bridgehead atoms. The predicted octanol–water partition coefficient (Wildman–Crippen LogP) is 4.35. The Hall–Kier alpha value is -2.60. The number of unbranched alkanes of at least 4 members (excludes halogenated alkanes) is 2. The lowest BCUT2D eigenvalue weighted by Gasteiger charge is -2.24.